The first-order chi connectivity index (χ1) is 9.28. The van der Waals surface area contributed by atoms with Crippen LogP contribution in [0.5, 0.6) is 0 Å². The molecule has 2 aliphatic carbocycles. The summed E-state index contributed by atoms with van der Waals surface area (Å²) in [5.74, 6) is 1.04. The first-order valence-corrected chi connectivity index (χ1v) is 7.30. The van der Waals surface area contributed by atoms with E-state index < -0.39 is 0 Å². The Morgan fingerprint density at radius 1 is 1.21 bits per heavy atom. The molecule has 3 nitrogen and oxygen atoms in total. The molecule has 102 valence electrons. The third kappa shape index (κ3) is 3.35. The van der Waals surface area contributed by atoms with Crippen molar-refractivity contribution in [2.24, 2.45) is 11.3 Å². The highest BCUT2D eigenvalue weighted by molar-refractivity contribution is 5.77. The Bertz CT molecular complexity index is 435. The average molecular weight is 258 g/mol. The molecule has 0 aromatic heterocycles. The molecule has 0 spiro atoms. The van der Waals surface area contributed by atoms with E-state index in [4.69, 9.17) is 0 Å². The Labute approximate surface area is 114 Å². The normalized spacial score (nSPS) is 20.0. The fourth-order valence-corrected chi connectivity index (χ4v) is 2.87. The molecule has 2 aliphatic rings. The van der Waals surface area contributed by atoms with Crippen molar-refractivity contribution < 1.29 is 4.79 Å². The molecular formula is C16H22N2O. The monoisotopic (exact) mass is 258 g/mol. The van der Waals surface area contributed by atoms with E-state index in [2.05, 4.69) is 10.6 Å². The molecule has 0 radical (unpaired) electrons. The van der Waals surface area contributed by atoms with E-state index in [0.717, 1.165) is 18.0 Å². The number of hydrogen-bond acceptors (Lipinski definition) is 2. The maximum absolute atomic E-state index is 11.7. The molecule has 3 heteroatoms. The number of hydrogen-bond donors (Lipinski definition) is 2. The number of carbonyl (C=O) groups is 1. The first-order valence-electron chi connectivity index (χ1n) is 7.30. The van der Waals surface area contributed by atoms with Gasteiger partial charge in [-0.05, 0) is 42.6 Å². The molecule has 0 saturated heterocycles. The Balaban J connectivity index is 1.33. The predicted molar refractivity (Wildman–Crippen MR) is 75.5 cm³/mol. The van der Waals surface area contributed by atoms with E-state index in [0.29, 0.717) is 18.5 Å². The second-order valence-corrected chi connectivity index (χ2v) is 6.00. The average Bonchev–Trinajstić information content (AvgIpc) is 3.29. The summed E-state index contributed by atoms with van der Waals surface area (Å²) < 4.78 is 0. The van der Waals surface area contributed by atoms with Gasteiger partial charge >= 0.3 is 0 Å². The highest BCUT2D eigenvalue weighted by Gasteiger charge is 2.53. The van der Waals surface area contributed by atoms with Crippen LogP contribution in [0.15, 0.2) is 30.3 Å². The van der Waals surface area contributed by atoms with Gasteiger partial charge in [0.05, 0.1) is 6.54 Å². The molecule has 3 rings (SSSR count). The van der Waals surface area contributed by atoms with Crippen molar-refractivity contribution in [1.29, 1.82) is 0 Å². The lowest BCUT2D eigenvalue weighted by Gasteiger charge is -2.14. The smallest absolute Gasteiger partial charge is 0.234 e. The maximum atomic E-state index is 11.7. The molecule has 2 fully saturated rings. The molecule has 19 heavy (non-hydrogen) atoms. The lowest BCUT2D eigenvalue weighted by atomic mass is 10.0. The lowest BCUT2D eigenvalue weighted by molar-refractivity contribution is -0.120. The lowest BCUT2D eigenvalue weighted by Crippen LogP contribution is -2.36. The zero-order valence-corrected chi connectivity index (χ0v) is 11.3. The van der Waals surface area contributed by atoms with E-state index in [1.165, 1.54) is 25.7 Å². The van der Waals surface area contributed by atoms with Crippen LogP contribution in [0.25, 0.3) is 0 Å². The molecular weight excluding hydrogens is 236 g/mol. The summed E-state index contributed by atoms with van der Waals surface area (Å²) in [4.78, 5) is 11.7. The van der Waals surface area contributed by atoms with Crippen LogP contribution < -0.4 is 10.6 Å². The van der Waals surface area contributed by atoms with Crippen LogP contribution >= 0.6 is 0 Å². The summed E-state index contributed by atoms with van der Waals surface area (Å²) in [7, 11) is 0. The van der Waals surface area contributed by atoms with E-state index >= 15 is 0 Å². The van der Waals surface area contributed by atoms with Crippen molar-refractivity contribution >= 4 is 5.91 Å². The van der Waals surface area contributed by atoms with Crippen molar-refractivity contribution in [2.45, 2.75) is 32.2 Å². The second kappa shape index (κ2) is 5.33. The van der Waals surface area contributed by atoms with Crippen LogP contribution in [0.4, 0.5) is 0 Å². The van der Waals surface area contributed by atoms with Gasteiger partial charge in [-0.2, -0.15) is 0 Å². The third-order valence-corrected chi connectivity index (χ3v) is 4.43. The predicted octanol–water partition coefficient (Wildman–Crippen LogP) is 2.08. The Morgan fingerprint density at radius 3 is 2.58 bits per heavy atom. The van der Waals surface area contributed by atoms with Crippen molar-refractivity contribution in [1.82, 2.24) is 10.6 Å². The Morgan fingerprint density at radius 2 is 1.95 bits per heavy atom. The van der Waals surface area contributed by atoms with Gasteiger partial charge < -0.3 is 10.6 Å². The highest BCUT2D eigenvalue weighted by atomic mass is 16.1. The van der Waals surface area contributed by atoms with Gasteiger partial charge in [-0.1, -0.05) is 30.3 Å². The number of nitrogens with one attached hydrogen (secondary N) is 2. The van der Waals surface area contributed by atoms with Crippen LogP contribution in [0.2, 0.25) is 0 Å². The molecule has 2 saturated carbocycles. The van der Waals surface area contributed by atoms with Crippen LogP contribution in [0, 0.1) is 11.3 Å². The molecule has 0 unspecified atom stereocenters. The third-order valence-electron chi connectivity index (χ3n) is 4.43. The second-order valence-electron chi connectivity index (χ2n) is 6.00. The zero-order chi connectivity index (χ0) is 13.1. The molecule has 2 N–H and O–H groups in total. The molecule has 0 bridgehead atoms. The molecule has 0 atom stereocenters. The summed E-state index contributed by atoms with van der Waals surface area (Å²) in [6.07, 6.45) is 5.52. The standard InChI is InChI=1S/C16H22N2O/c19-15(18-10-13-4-2-1-3-5-13)11-17-12-16(8-9-16)14-6-7-14/h1-5,14,17H,6-12H2,(H,18,19). The summed E-state index contributed by atoms with van der Waals surface area (Å²) in [6, 6.07) is 10.0. The van der Waals surface area contributed by atoms with Crippen LogP contribution in [0.3, 0.4) is 0 Å². The van der Waals surface area contributed by atoms with E-state index in [1.807, 2.05) is 30.3 Å². The molecule has 0 aliphatic heterocycles. The van der Waals surface area contributed by atoms with Gasteiger partial charge in [0.2, 0.25) is 5.91 Å². The Kier molecular flexibility index (Phi) is 3.56. The summed E-state index contributed by atoms with van der Waals surface area (Å²) in [5, 5.41) is 6.28. The van der Waals surface area contributed by atoms with Crippen molar-refractivity contribution in [3.8, 4) is 0 Å². The molecule has 1 aromatic rings. The van der Waals surface area contributed by atoms with Crippen LogP contribution in [-0.4, -0.2) is 19.0 Å². The Hall–Kier alpha value is -1.35. The quantitative estimate of drug-likeness (QED) is 0.786. The molecule has 1 aromatic carbocycles. The van der Waals surface area contributed by atoms with Gasteiger partial charge in [0.1, 0.15) is 0 Å². The summed E-state index contributed by atoms with van der Waals surface area (Å²) in [5.41, 5.74) is 1.71. The minimum atomic E-state index is 0.0930. The fraction of sp³-hybridized carbons (Fsp3) is 0.562. The highest BCUT2D eigenvalue weighted by Crippen LogP contribution is 2.60. The van der Waals surface area contributed by atoms with Crippen LogP contribution in [0.1, 0.15) is 31.2 Å². The fourth-order valence-electron chi connectivity index (χ4n) is 2.87. The van der Waals surface area contributed by atoms with Gasteiger partial charge in [0.15, 0.2) is 0 Å². The topological polar surface area (TPSA) is 41.1 Å². The van der Waals surface area contributed by atoms with Crippen LogP contribution in [-0.2, 0) is 11.3 Å². The van der Waals surface area contributed by atoms with Crippen molar-refractivity contribution in [3.05, 3.63) is 35.9 Å². The number of amides is 1. The van der Waals surface area contributed by atoms with E-state index in [9.17, 15) is 4.79 Å². The SMILES string of the molecule is O=C(CNCC1(C2CC2)CC1)NCc1ccccc1. The number of benzene rings is 1. The maximum Gasteiger partial charge on any atom is 0.234 e. The minimum absolute atomic E-state index is 0.0930. The molecule has 0 heterocycles. The van der Waals surface area contributed by atoms with Gasteiger partial charge in [-0.3, -0.25) is 4.79 Å². The largest absolute Gasteiger partial charge is 0.351 e. The molecule has 1 amide bonds. The van der Waals surface area contributed by atoms with Crippen molar-refractivity contribution in [2.75, 3.05) is 13.1 Å². The minimum Gasteiger partial charge on any atom is -0.351 e. The zero-order valence-electron chi connectivity index (χ0n) is 11.3. The van der Waals surface area contributed by atoms with Gasteiger partial charge in [0.25, 0.3) is 0 Å². The first kappa shape index (κ1) is 12.7. The van der Waals surface area contributed by atoms with E-state index in [1.54, 1.807) is 0 Å². The number of rotatable bonds is 7. The van der Waals surface area contributed by atoms with Gasteiger partial charge in [-0.15, -0.1) is 0 Å². The van der Waals surface area contributed by atoms with Gasteiger partial charge in [0, 0.05) is 13.1 Å². The summed E-state index contributed by atoms with van der Waals surface area (Å²) >= 11 is 0. The van der Waals surface area contributed by atoms with Gasteiger partial charge in [-0.25, -0.2) is 0 Å². The van der Waals surface area contributed by atoms with Crippen molar-refractivity contribution in [3.63, 3.8) is 0 Å². The van der Waals surface area contributed by atoms with E-state index in [-0.39, 0.29) is 5.91 Å². The summed E-state index contributed by atoms with van der Waals surface area (Å²) in [6.45, 7) is 2.09. The number of carbonyl (C=O) groups excluding carboxylic acids is 1.